The molecule has 0 atom stereocenters. The van der Waals surface area contributed by atoms with Crippen LogP contribution >= 0.6 is 24.4 Å². The Morgan fingerprint density at radius 1 is 1.00 bits per heavy atom. The largest absolute Gasteiger partial charge is 0.493 e. The Hall–Kier alpha value is -3.76. The number of thioether (sulfide) groups is 1. The van der Waals surface area contributed by atoms with Crippen LogP contribution in [0.15, 0.2) is 101 Å². The molecule has 39 heavy (non-hydrogen) atoms. The lowest BCUT2D eigenvalue weighted by Crippen LogP contribution is -2.28. The number of fused-ring (bicyclic) bond motifs is 1. The van der Waals surface area contributed by atoms with Crippen molar-refractivity contribution in [3.8, 4) is 11.5 Å². The molecule has 4 aromatic carbocycles. The van der Waals surface area contributed by atoms with Gasteiger partial charge >= 0.3 is 6.18 Å². The number of ether oxygens (including phenoxy) is 2. The maximum atomic E-state index is 13.9. The average Bonchev–Trinajstić information content (AvgIpc) is 3.37. The van der Waals surface area contributed by atoms with Crippen LogP contribution in [0.1, 0.15) is 21.5 Å². The number of benzene rings is 4. The Balaban J connectivity index is 0.000000379. The molecule has 5 nitrogen and oxygen atoms in total. The molecular formula is C29H25F3N2O3S2. The molecule has 0 aromatic heterocycles. The van der Waals surface area contributed by atoms with Crippen LogP contribution in [0.2, 0.25) is 0 Å². The quantitative estimate of drug-likeness (QED) is 0.192. The number of amides is 1. The number of alkyl halides is 3. The van der Waals surface area contributed by atoms with E-state index in [2.05, 4.69) is 12.6 Å². The van der Waals surface area contributed by atoms with Gasteiger partial charge in [0.2, 0.25) is 0 Å². The summed E-state index contributed by atoms with van der Waals surface area (Å²) in [5, 5.41) is 0. The van der Waals surface area contributed by atoms with Gasteiger partial charge in [-0.2, -0.15) is 13.2 Å². The lowest BCUT2D eigenvalue weighted by molar-refractivity contribution is -0.139. The maximum absolute atomic E-state index is 13.9. The molecule has 2 N–H and O–H groups in total. The Morgan fingerprint density at radius 3 is 2.31 bits per heavy atom. The van der Waals surface area contributed by atoms with Gasteiger partial charge in [-0.25, -0.2) is 0 Å². The zero-order chi connectivity index (χ0) is 28.0. The highest BCUT2D eigenvalue weighted by atomic mass is 32.2. The molecule has 0 spiro atoms. The molecule has 10 heteroatoms. The van der Waals surface area contributed by atoms with Gasteiger partial charge in [0.1, 0.15) is 12.2 Å². The molecular weight excluding hydrogens is 545 g/mol. The second-order valence-corrected chi connectivity index (χ2v) is 9.83. The average molecular weight is 571 g/mol. The van der Waals surface area contributed by atoms with Crippen molar-refractivity contribution < 1.29 is 27.4 Å². The number of anilines is 2. The zero-order valence-electron chi connectivity index (χ0n) is 20.8. The molecule has 202 valence electrons. The molecule has 0 aliphatic carbocycles. The Labute approximate surface area is 234 Å². The minimum atomic E-state index is -4.73. The van der Waals surface area contributed by atoms with Crippen LogP contribution in [0.5, 0.6) is 11.5 Å². The smallest absolute Gasteiger partial charge is 0.420 e. The highest BCUT2D eigenvalue weighted by Crippen LogP contribution is 2.44. The highest BCUT2D eigenvalue weighted by Gasteiger charge is 2.38. The lowest BCUT2D eigenvalue weighted by atomic mass is 10.1. The number of hydrogen-bond acceptors (Lipinski definition) is 6. The SMILES string of the molecule is COc1cc(C(=O)N2CSc3ccccc32)cc(C(F)(F)F)c1OCc1ccccc1.Nc1ccccc1S. The van der Waals surface area contributed by atoms with Gasteiger partial charge in [-0.1, -0.05) is 54.6 Å². The predicted molar refractivity (Wildman–Crippen MR) is 151 cm³/mol. The summed E-state index contributed by atoms with van der Waals surface area (Å²) in [6, 6.07) is 25.7. The predicted octanol–water partition coefficient (Wildman–Crippen LogP) is 7.56. The summed E-state index contributed by atoms with van der Waals surface area (Å²) in [7, 11) is 1.25. The monoisotopic (exact) mass is 570 g/mol. The van der Waals surface area contributed by atoms with Crippen LogP contribution in [-0.2, 0) is 12.8 Å². The summed E-state index contributed by atoms with van der Waals surface area (Å²) in [5.41, 5.74) is 6.40. The van der Waals surface area contributed by atoms with E-state index in [1.165, 1.54) is 29.8 Å². The number of rotatable bonds is 5. The molecule has 0 bridgehead atoms. The molecule has 5 rings (SSSR count). The standard InChI is InChI=1S/C23H18F3NO3S.C6H7NS/c1-29-19-12-16(22(28)27-14-31-20-10-6-5-9-18(20)27)11-17(23(24,25)26)21(19)30-13-15-7-3-2-4-8-15;7-5-3-1-2-4-6(5)8/h2-12H,13-14H2,1H3;1-4,8H,7H2. The Morgan fingerprint density at radius 2 is 1.67 bits per heavy atom. The third-order valence-electron chi connectivity index (χ3n) is 5.74. The number of hydrogen-bond donors (Lipinski definition) is 2. The second-order valence-electron chi connectivity index (χ2n) is 8.36. The summed E-state index contributed by atoms with van der Waals surface area (Å²) in [4.78, 5) is 16.3. The van der Waals surface area contributed by atoms with E-state index in [-0.39, 0.29) is 17.9 Å². The minimum absolute atomic E-state index is 0.0658. The van der Waals surface area contributed by atoms with Gasteiger partial charge < -0.3 is 15.2 Å². The van der Waals surface area contributed by atoms with E-state index in [1.54, 1.807) is 42.5 Å². The normalized spacial score (nSPS) is 12.3. The highest BCUT2D eigenvalue weighted by molar-refractivity contribution is 8.00. The summed E-state index contributed by atoms with van der Waals surface area (Å²) in [6.07, 6.45) is -4.73. The fraction of sp³-hybridized carbons (Fsp3) is 0.138. The van der Waals surface area contributed by atoms with Crippen LogP contribution in [-0.4, -0.2) is 18.9 Å². The minimum Gasteiger partial charge on any atom is -0.493 e. The van der Waals surface area contributed by atoms with Gasteiger partial charge in [-0.3, -0.25) is 9.69 Å². The molecule has 0 fully saturated rings. The molecule has 1 aliphatic heterocycles. The number of nitrogen functional groups attached to an aromatic ring is 1. The summed E-state index contributed by atoms with van der Waals surface area (Å²) in [6.45, 7) is -0.0658. The number of carbonyl (C=O) groups excluding carboxylic acids is 1. The molecule has 1 heterocycles. The number of methoxy groups -OCH3 is 1. The van der Waals surface area contributed by atoms with Crippen LogP contribution in [0.25, 0.3) is 0 Å². The number of nitrogens with zero attached hydrogens (tertiary/aromatic N) is 1. The molecule has 1 amide bonds. The molecule has 0 saturated carbocycles. The van der Waals surface area contributed by atoms with Crippen molar-refractivity contribution >= 4 is 41.7 Å². The van der Waals surface area contributed by atoms with Crippen molar-refractivity contribution in [2.75, 3.05) is 23.6 Å². The van der Waals surface area contributed by atoms with E-state index in [0.717, 1.165) is 21.5 Å². The summed E-state index contributed by atoms with van der Waals surface area (Å²) in [5.74, 6) is -0.787. The first-order chi connectivity index (χ1) is 18.7. The zero-order valence-corrected chi connectivity index (χ0v) is 22.5. The Bertz CT molecular complexity index is 1430. The first-order valence-electron chi connectivity index (χ1n) is 11.7. The van der Waals surface area contributed by atoms with E-state index in [9.17, 15) is 18.0 Å². The van der Waals surface area contributed by atoms with Gasteiger partial charge in [0, 0.05) is 21.0 Å². The van der Waals surface area contributed by atoms with E-state index in [4.69, 9.17) is 15.2 Å². The van der Waals surface area contributed by atoms with Crippen molar-refractivity contribution in [2.24, 2.45) is 0 Å². The number of para-hydroxylation sites is 2. The van der Waals surface area contributed by atoms with Crippen LogP contribution in [0.3, 0.4) is 0 Å². The van der Waals surface area contributed by atoms with Gasteiger partial charge in [-0.15, -0.1) is 24.4 Å². The van der Waals surface area contributed by atoms with Gasteiger partial charge in [0.15, 0.2) is 11.5 Å². The third kappa shape index (κ3) is 6.82. The maximum Gasteiger partial charge on any atom is 0.420 e. The first kappa shape index (κ1) is 28.3. The first-order valence-corrected chi connectivity index (χ1v) is 13.2. The lowest BCUT2D eigenvalue weighted by Gasteiger charge is -2.21. The van der Waals surface area contributed by atoms with Crippen molar-refractivity contribution in [2.45, 2.75) is 22.6 Å². The third-order valence-corrected chi connectivity index (χ3v) is 7.19. The van der Waals surface area contributed by atoms with Gasteiger partial charge in [0.05, 0.1) is 18.7 Å². The molecule has 1 aliphatic rings. The van der Waals surface area contributed by atoms with Gasteiger partial charge in [-0.05, 0) is 42.0 Å². The van der Waals surface area contributed by atoms with Crippen molar-refractivity contribution in [1.29, 1.82) is 0 Å². The van der Waals surface area contributed by atoms with Gasteiger partial charge in [0.25, 0.3) is 5.91 Å². The summed E-state index contributed by atoms with van der Waals surface area (Å²) < 4.78 is 52.4. The fourth-order valence-corrected chi connectivity index (χ4v) is 4.97. The number of thiol groups is 1. The number of halogens is 3. The number of carbonyl (C=O) groups is 1. The van der Waals surface area contributed by atoms with E-state index in [1.807, 2.05) is 36.4 Å². The Kier molecular flexibility index (Phi) is 8.98. The van der Waals surface area contributed by atoms with E-state index in [0.29, 0.717) is 17.1 Å². The summed E-state index contributed by atoms with van der Waals surface area (Å²) >= 11 is 5.53. The molecule has 0 radical (unpaired) electrons. The fourth-order valence-electron chi connectivity index (χ4n) is 3.78. The molecule has 0 saturated heterocycles. The van der Waals surface area contributed by atoms with Crippen LogP contribution in [0, 0.1) is 0 Å². The van der Waals surface area contributed by atoms with Crippen molar-refractivity contribution in [3.63, 3.8) is 0 Å². The van der Waals surface area contributed by atoms with Crippen LogP contribution in [0.4, 0.5) is 24.5 Å². The van der Waals surface area contributed by atoms with Crippen molar-refractivity contribution in [3.05, 3.63) is 108 Å². The van der Waals surface area contributed by atoms with E-state index < -0.39 is 23.4 Å². The van der Waals surface area contributed by atoms with Crippen molar-refractivity contribution in [1.82, 2.24) is 0 Å². The number of nitrogens with two attached hydrogens (primary N) is 1. The molecule has 4 aromatic rings. The molecule has 0 unspecified atom stereocenters. The van der Waals surface area contributed by atoms with E-state index >= 15 is 0 Å². The second kappa shape index (κ2) is 12.4. The van der Waals surface area contributed by atoms with Crippen LogP contribution < -0.4 is 20.1 Å². The topological polar surface area (TPSA) is 64.8 Å².